The molecular weight excluding hydrogens is 136 g/mol. The first kappa shape index (κ1) is 11.0. The van der Waals surface area contributed by atoms with Crippen LogP contribution in [0.4, 0.5) is 0 Å². The average Bonchev–Trinajstić information content (AvgIpc) is 2.03. The minimum Gasteiger partial charge on any atom is -0.378 e. The number of rotatable bonds is 6. The van der Waals surface area contributed by atoms with Crippen LogP contribution < -0.4 is 0 Å². The van der Waals surface area contributed by atoms with Crippen molar-refractivity contribution in [3.05, 3.63) is 0 Å². The molecule has 0 aliphatic rings. The van der Waals surface area contributed by atoms with Crippen LogP contribution in [0.3, 0.4) is 0 Å². The van der Waals surface area contributed by atoms with Crippen molar-refractivity contribution in [2.45, 2.75) is 53.1 Å². The zero-order valence-corrected chi connectivity index (χ0v) is 8.39. The van der Waals surface area contributed by atoms with Gasteiger partial charge in [-0.15, -0.1) is 0 Å². The van der Waals surface area contributed by atoms with Gasteiger partial charge in [-0.25, -0.2) is 0 Å². The summed E-state index contributed by atoms with van der Waals surface area (Å²) in [5, 5.41) is 0. The third kappa shape index (κ3) is 5.25. The molecule has 68 valence electrons. The lowest BCUT2D eigenvalue weighted by Crippen LogP contribution is -2.17. The Morgan fingerprint density at radius 3 is 2.27 bits per heavy atom. The third-order valence-electron chi connectivity index (χ3n) is 2.32. The van der Waals surface area contributed by atoms with Gasteiger partial charge in [0, 0.05) is 6.61 Å². The Kier molecular flexibility index (Phi) is 6.63. The monoisotopic (exact) mass is 158 g/mol. The van der Waals surface area contributed by atoms with E-state index >= 15 is 0 Å². The Morgan fingerprint density at radius 1 is 1.18 bits per heavy atom. The highest BCUT2D eigenvalue weighted by Crippen LogP contribution is 2.10. The molecule has 0 rings (SSSR count). The predicted molar refractivity (Wildman–Crippen MR) is 49.8 cm³/mol. The smallest absolute Gasteiger partial charge is 0.0572 e. The second kappa shape index (κ2) is 6.66. The maximum atomic E-state index is 5.64. The van der Waals surface area contributed by atoms with E-state index in [0.717, 1.165) is 6.61 Å². The molecule has 0 N–H and O–H groups in total. The highest BCUT2D eigenvalue weighted by molar-refractivity contribution is 4.58. The van der Waals surface area contributed by atoms with E-state index in [1.807, 2.05) is 0 Å². The minimum atomic E-state index is 0.437. The fraction of sp³-hybridized carbons (Fsp3) is 1.00. The van der Waals surface area contributed by atoms with Crippen molar-refractivity contribution in [2.75, 3.05) is 6.61 Å². The van der Waals surface area contributed by atoms with Crippen LogP contribution >= 0.6 is 0 Å². The van der Waals surface area contributed by atoms with Gasteiger partial charge in [0.15, 0.2) is 0 Å². The van der Waals surface area contributed by atoms with Crippen LogP contribution in [-0.2, 0) is 4.74 Å². The Labute approximate surface area is 71.1 Å². The fourth-order valence-corrected chi connectivity index (χ4v) is 0.910. The molecule has 11 heavy (non-hydrogen) atoms. The molecule has 0 bridgehead atoms. The summed E-state index contributed by atoms with van der Waals surface area (Å²) >= 11 is 0. The number of unbranched alkanes of at least 4 members (excludes halogenated alkanes) is 1. The van der Waals surface area contributed by atoms with Gasteiger partial charge in [-0.3, -0.25) is 0 Å². The van der Waals surface area contributed by atoms with E-state index in [2.05, 4.69) is 27.7 Å². The highest BCUT2D eigenvalue weighted by Gasteiger charge is 2.08. The third-order valence-corrected chi connectivity index (χ3v) is 2.32. The molecule has 0 aliphatic carbocycles. The first-order valence-electron chi connectivity index (χ1n) is 4.83. The highest BCUT2D eigenvalue weighted by atomic mass is 16.5. The summed E-state index contributed by atoms with van der Waals surface area (Å²) in [6, 6.07) is 0. The van der Waals surface area contributed by atoms with E-state index in [-0.39, 0.29) is 0 Å². The van der Waals surface area contributed by atoms with Gasteiger partial charge in [0.05, 0.1) is 6.10 Å². The van der Waals surface area contributed by atoms with Crippen molar-refractivity contribution in [3.8, 4) is 0 Å². The van der Waals surface area contributed by atoms with E-state index in [1.165, 1.54) is 19.3 Å². The summed E-state index contributed by atoms with van der Waals surface area (Å²) in [5.41, 5.74) is 0. The molecule has 0 heterocycles. The number of ether oxygens (including phenoxy) is 1. The van der Waals surface area contributed by atoms with Gasteiger partial charge < -0.3 is 4.74 Å². The number of hydrogen-bond donors (Lipinski definition) is 0. The molecule has 0 aromatic rings. The van der Waals surface area contributed by atoms with Gasteiger partial charge in [-0.05, 0) is 19.3 Å². The molecule has 0 spiro atoms. The van der Waals surface area contributed by atoms with E-state index in [0.29, 0.717) is 12.0 Å². The Balaban J connectivity index is 3.28. The zero-order valence-electron chi connectivity index (χ0n) is 8.39. The lowest BCUT2D eigenvalue weighted by molar-refractivity contribution is 0.0276. The molecule has 0 saturated carbocycles. The Morgan fingerprint density at radius 2 is 1.82 bits per heavy atom. The lowest BCUT2D eigenvalue weighted by Gasteiger charge is -2.18. The van der Waals surface area contributed by atoms with Crippen LogP contribution in [0.5, 0.6) is 0 Å². The molecule has 0 amide bonds. The molecule has 1 nitrogen and oxygen atoms in total. The fourth-order valence-electron chi connectivity index (χ4n) is 0.910. The maximum Gasteiger partial charge on any atom is 0.0572 e. The molecule has 0 fully saturated rings. The van der Waals surface area contributed by atoms with Crippen LogP contribution in [0.2, 0.25) is 0 Å². The average molecular weight is 158 g/mol. The van der Waals surface area contributed by atoms with Crippen LogP contribution in [0, 0.1) is 5.92 Å². The predicted octanol–water partition coefficient (Wildman–Crippen LogP) is 3.24. The lowest BCUT2D eigenvalue weighted by atomic mass is 10.0. The quantitative estimate of drug-likeness (QED) is 0.539. The van der Waals surface area contributed by atoms with Crippen LogP contribution in [0.25, 0.3) is 0 Å². The summed E-state index contributed by atoms with van der Waals surface area (Å²) in [5.74, 6) is 0.701. The summed E-state index contributed by atoms with van der Waals surface area (Å²) in [7, 11) is 0. The molecule has 0 radical (unpaired) electrons. The normalized spacial score (nSPS) is 16.4. The van der Waals surface area contributed by atoms with Crippen LogP contribution in [0.15, 0.2) is 0 Å². The standard InChI is InChI=1S/C10H22O/c1-5-7-8-11-10(4)9(3)6-2/h9-10H,5-8H2,1-4H3/t9-,10-/m0/s1. The second-order valence-electron chi connectivity index (χ2n) is 3.31. The SMILES string of the molecule is CCCCO[C@@H](C)[C@@H](C)CC. The molecule has 0 aliphatic heterocycles. The Bertz CT molecular complexity index is 80.9. The zero-order chi connectivity index (χ0) is 8.69. The molecule has 1 heteroatoms. The van der Waals surface area contributed by atoms with Gasteiger partial charge >= 0.3 is 0 Å². The molecular formula is C10H22O. The molecule has 0 unspecified atom stereocenters. The van der Waals surface area contributed by atoms with E-state index in [4.69, 9.17) is 4.74 Å². The molecule has 0 aromatic carbocycles. The van der Waals surface area contributed by atoms with E-state index in [9.17, 15) is 0 Å². The van der Waals surface area contributed by atoms with Gasteiger partial charge in [0.25, 0.3) is 0 Å². The topological polar surface area (TPSA) is 9.23 Å². The second-order valence-corrected chi connectivity index (χ2v) is 3.31. The largest absolute Gasteiger partial charge is 0.378 e. The van der Waals surface area contributed by atoms with Crippen molar-refractivity contribution < 1.29 is 4.74 Å². The van der Waals surface area contributed by atoms with Gasteiger partial charge in [-0.2, -0.15) is 0 Å². The minimum absolute atomic E-state index is 0.437. The van der Waals surface area contributed by atoms with Crippen molar-refractivity contribution in [2.24, 2.45) is 5.92 Å². The Hall–Kier alpha value is -0.0400. The van der Waals surface area contributed by atoms with Crippen LogP contribution in [-0.4, -0.2) is 12.7 Å². The first-order chi connectivity index (χ1) is 5.22. The molecule has 2 atom stereocenters. The summed E-state index contributed by atoms with van der Waals surface area (Å²) in [4.78, 5) is 0. The van der Waals surface area contributed by atoms with Crippen molar-refractivity contribution in [1.29, 1.82) is 0 Å². The summed E-state index contributed by atoms with van der Waals surface area (Å²) < 4.78 is 5.64. The molecule has 0 saturated heterocycles. The molecule has 0 aromatic heterocycles. The summed E-state index contributed by atoms with van der Waals surface area (Å²) in [6.07, 6.45) is 4.08. The van der Waals surface area contributed by atoms with E-state index < -0.39 is 0 Å². The van der Waals surface area contributed by atoms with Gasteiger partial charge in [0.1, 0.15) is 0 Å². The van der Waals surface area contributed by atoms with Gasteiger partial charge in [0.2, 0.25) is 0 Å². The van der Waals surface area contributed by atoms with Gasteiger partial charge in [-0.1, -0.05) is 33.6 Å². The number of hydrogen-bond acceptors (Lipinski definition) is 1. The maximum absolute atomic E-state index is 5.64. The van der Waals surface area contributed by atoms with Crippen molar-refractivity contribution in [1.82, 2.24) is 0 Å². The van der Waals surface area contributed by atoms with E-state index in [1.54, 1.807) is 0 Å². The van der Waals surface area contributed by atoms with Crippen molar-refractivity contribution >= 4 is 0 Å². The van der Waals surface area contributed by atoms with Crippen molar-refractivity contribution in [3.63, 3.8) is 0 Å². The van der Waals surface area contributed by atoms with Crippen LogP contribution in [0.1, 0.15) is 47.0 Å². The summed E-state index contributed by atoms with van der Waals surface area (Å²) in [6.45, 7) is 9.75. The first-order valence-corrected chi connectivity index (χ1v) is 4.83.